The second-order valence-corrected chi connectivity index (χ2v) is 7.56. The fourth-order valence-corrected chi connectivity index (χ4v) is 4.07. The van der Waals surface area contributed by atoms with Gasteiger partial charge < -0.3 is 14.6 Å². The molecule has 1 saturated carbocycles. The van der Waals surface area contributed by atoms with E-state index in [1.807, 2.05) is 0 Å². The number of imidazole rings is 1. The number of ether oxygens (including phenoxy) is 1. The molecule has 142 valence electrons. The topological polar surface area (TPSA) is 66.9 Å². The van der Waals surface area contributed by atoms with Crippen LogP contribution in [-0.2, 0) is 0 Å². The van der Waals surface area contributed by atoms with Crippen LogP contribution in [0.25, 0.3) is 33.3 Å². The summed E-state index contributed by atoms with van der Waals surface area (Å²) in [4.78, 5) is 19.0. The minimum absolute atomic E-state index is 0.241. The summed E-state index contributed by atoms with van der Waals surface area (Å²) in [6.07, 6.45) is 6.39. The number of nitrogens with zero attached hydrogens (tertiary/aromatic N) is 4. The molecule has 1 aliphatic carbocycles. The average Bonchev–Trinajstić information content (AvgIpc) is 3.37. The smallest absolute Gasteiger partial charge is 0.243 e. The van der Waals surface area contributed by atoms with Gasteiger partial charge in [-0.3, -0.25) is 0 Å². The molecule has 0 radical (unpaired) electrons. The van der Waals surface area contributed by atoms with Crippen molar-refractivity contribution in [1.29, 1.82) is 0 Å². The number of H-pyrrole nitrogens is 1. The van der Waals surface area contributed by atoms with Crippen LogP contribution < -0.4 is 9.64 Å². The first-order valence-electron chi connectivity index (χ1n) is 9.77. The van der Waals surface area contributed by atoms with E-state index in [4.69, 9.17) is 9.72 Å². The zero-order valence-corrected chi connectivity index (χ0v) is 16.1. The van der Waals surface area contributed by atoms with E-state index in [0.29, 0.717) is 11.5 Å². The van der Waals surface area contributed by atoms with Crippen LogP contribution in [0.5, 0.6) is 5.88 Å². The minimum Gasteiger partial charge on any atom is -0.473 e. The maximum Gasteiger partial charge on any atom is 0.243 e. The van der Waals surface area contributed by atoms with Gasteiger partial charge in [0.15, 0.2) is 5.65 Å². The highest BCUT2D eigenvalue weighted by atomic mass is 16.5. The fraction of sp³-hybridized carbons (Fsp3) is 0.318. The lowest BCUT2D eigenvalue weighted by Gasteiger charge is -2.17. The van der Waals surface area contributed by atoms with Gasteiger partial charge in [0, 0.05) is 30.7 Å². The van der Waals surface area contributed by atoms with Crippen molar-refractivity contribution in [3.8, 4) is 17.3 Å². The number of aromatic amines is 1. The molecule has 4 aromatic rings. The lowest BCUT2D eigenvalue weighted by molar-refractivity contribution is 0.204. The van der Waals surface area contributed by atoms with Gasteiger partial charge in [-0.25, -0.2) is 9.97 Å². The third kappa shape index (κ3) is 2.85. The number of hydrogen-bond donors (Lipinski definition) is 1. The zero-order chi connectivity index (χ0) is 19.1. The van der Waals surface area contributed by atoms with E-state index in [9.17, 15) is 0 Å². The van der Waals surface area contributed by atoms with E-state index in [1.165, 1.54) is 30.2 Å². The van der Waals surface area contributed by atoms with Gasteiger partial charge in [0.1, 0.15) is 23.8 Å². The Kier molecular flexibility index (Phi) is 4.11. The molecule has 0 unspecified atom stereocenters. The first-order chi connectivity index (χ1) is 13.7. The first kappa shape index (κ1) is 17.0. The third-order valence-corrected chi connectivity index (χ3v) is 5.47. The molecular formula is C22H23N5O. The van der Waals surface area contributed by atoms with Crippen LogP contribution >= 0.6 is 0 Å². The highest BCUT2D eigenvalue weighted by molar-refractivity contribution is 6.03. The molecule has 2 aromatic heterocycles. The minimum atomic E-state index is 0.241. The van der Waals surface area contributed by atoms with Crippen LogP contribution in [-0.4, -0.2) is 40.1 Å². The Morgan fingerprint density at radius 3 is 2.57 bits per heavy atom. The molecule has 1 aliphatic rings. The molecule has 0 spiro atoms. The Morgan fingerprint density at radius 2 is 1.79 bits per heavy atom. The van der Waals surface area contributed by atoms with E-state index in [0.717, 1.165) is 35.1 Å². The normalized spacial score (nSPS) is 14.8. The third-order valence-electron chi connectivity index (χ3n) is 5.47. The average molecular weight is 373 g/mol. The molecule has 0 saturated heterocycles. The number of benzene rings is 2. The summed E-state index contributed by atoms with van der Waals surface area (Å²) in [6, 6.07) is 12.6. The molecule has 2 aromatic carbocycles. The quantitative estimate of drug-likeness (QED) is 0.568. The first-order valence-corrected chi connectivity index (χ1v) is 9.77. The molecule has 28 heavy (non-hydrogen) atoms. The molecule has 0 amide bonds. The molecule has 1 fully saturated rings. The van der Waals surface area contributed by atoms with Gasteiger partial charge in [0.05, 0.1) is 0 Å². The number of aromatic nitrogens is 4. The summed E-state index contributed by atoms with van der Waals surface area (Å²) in [5, 5.41) is 2.35. The Morgan fingerprint density at radius 1 is 1.00 bits per heavy atom. The van der Waals surface area contributed by atoms with Crippen LogP contribution in [0.15, 0.2) is 42.7 Å². The van der Waals surface area contributed by atoms with E-state index < -0.39 is 0 Å². The Hall–Kier alpha value is -3.15. The second kappa shape index (κ2) is 6.78. The van der Waals surface area contributed by atoms with Crippen molar-refractivity contribution in [3.05, 3.63) is 42.7 Å². The van der Waals surface area contributed by atoms with Crippen molar-refractivity contribution in [2.24, 2.45) is 0 Å². The molecule has 2 heterocycles. The molecular weight excluding hydrogens is 350 g/mol. The Balaban J connectivity index is 1.63. The highest BCUT2D eigenvalue weighted by Crippen LogP contribution is 2.35. The Labute approximate surface area is 163 Å². The summed E-state index contributed by atoms with van der Waals surface area (Å²) >= 11 is 0. The highest BCUT2D eigenvalue weighted by Gasteiger charge is 2.20. The predicted molar refractivity (Wildman–Crippen MR) is 112 cm³/mol. The Bertz CT molecular complexity index is 1140. The van der Waals surface area contributed by atoms with Gasteiger partial charge in [0.25, 0.3) is 0 Å². The maximum absolute atomic E-state index is 6.15. The van der Waals surface area contributed by atoms with Gasteiger partial charge in [0.2, 0.25) is 5.88 Å². The van der Waals surface area contributed by atoms with Crippen LogP contribution in [0.1, 0.15) is 25.7 Å². The number of rotatable bonds is 4. The second-order valence-electron chi connectivity index (χ2n) is 7.56. The van der Waals surface area contributed by atoms with Gasteiger partial charge >= 0.3 is 0 Å². The van der Waals surface area contributed by atoms with E-state index >= 15 is 0 Å². The molecule has 6 heteroatoms. The largest absolute Gasteiger partial charge is 0.473 e. The lowest BCUT2D eigenvalue weighted by Crippen LogP contribution is -2.12. The van der Waals surface area contributed by atoms with Crippen molar-refractivity contribution in [2.75, 3.05) is 19.0 Å². The zero-order valence-electron chi connectivity index (χ0n) is 16.1. The predicted octanol–water partition coefficient (Wildman–Crippen LogP) is 4.56. The van der Waals surface area contributed by atoms with Gasteiger partial charge in [-0.05, 0) is 43.2 Å². The summed E-state index contributed by atoms with van der Waals surface area (Å²) in [5.41, 5.74) is 3.63. The number of anilines is 1. The van der Waals surface area contributed by atoms with E-state index in [-0.39, 0.29) is 6.10 Å². The molecule has 0 atom stereocenters. The standard InChI is InChI=1S/C22H23N5O/c1-27(2)18-12-11-17(15-9-5-6-10-16(15)18)20-25-19-21(26-20)23-13-24-22(19)28-14-7-3-4-8-14/h5-6,9-14H,3-4,7-8H2,1-2H3,(H,23,24,25,26). The molecule has 0 bridgehead atoms. The van der Waals surface area contributed by atoms with Crippen LogP contribution in [0.3, 0.4) is 0 Å². The molecule has 0 aliphatic heterocycles. The molecule has 5 rings (SSSR count). The van der Waals surface area contributed by atoms with Crippen molar-refractivity contribution in [3.63, 3.8) is 0 Å². The van der Waals surface area contributed by atoms with Crippen LogP contribution in [0, 0.1) is 0 Å². The van der Waals surface area contributed by atoms with Gasteiger partial charge in [-0.1, -0.05) is 24.3 Å². The maximum atomic E-state index is 6.15. The van der Waals surface area contributed by atoms with Crippen molar-refractivity contribution in [2.45, 2.75) is 31.8 Å². The fourth-order valence-electron chi connectivity index (χ4n) is 4.07. The van der Waals surface area contributed by atoms with Crippen molar-refractivity contribution in [1.82, 2.24) is 19.9 Å². The summed E-state index contributed by atoms with van der Waals surface area (Å²) in [7, 11) is 4.12. The van der Waals surface area contributed by atoms with Gasteiger partial charge in [-0.15, -0.1) is 0 Å². The van der Waals surface area contributed by atoms with Crippen LogP contribution in [0.2, 0.25) is 0 Å². The molecule has 1 N–H and O–H groups in total. The lowest BCUT2D eigenvalue weighted by atomic mass is 10.0. The molecule has 6 nitrogen and oxygen atoms in total. The number of fused-ring (bicyclic) bond motifs is 2. The number of hydrogen-bond acceptors (Lipinski definition) is 5. The summed E-state index contributed by atoms with van der Waals surface area (Å²) in [5.74, 6) is 1.39. The van der Waals surface area contributed by atoms with Crippen molar-refractivity contribution < 1.29 is 4.74 Å². The van der Waals surface area contributed by atoms with E-state index in [1.54, 1.807) is 0 Å². The van der Waals surface area contributed by atoms with Crippen LogP contribution in [0.4, 0.5) is 5.69 Å². The van der Waals surface area contributed by atoms with E-state index in [2.05, 4.69) is 70.3 Å². The monoisotopic (exact) mass is 373 g/mol. The number of nitrogens with one attached hydrogen (secondary N) is 1. The van der Waals surface area contributed by atoms with Crippen molar-refractivity contribution >= 4 is 27.6 Å². The summed E-state index contributed by atoms with van der Waals surface area (Å²) in [6.45, 7) is 0. The summed E-state index contributed by atoms with van der Waals surface area (Å²) < 4.78 is 6.15. The SMILES string of the molecule is CN(C)c1ccc(-c2nc3ncnc(OC4CCCC4)c3[nH]2)c2ccccc12. The van der Waals surface area contributed by atoms with Gasteiger partial charge in [-0.2, -0.15) is 4.98 Å².